The first-order valence-corrected chi connectivity index (χ1v) is 10.00. The number of ether oxygens (including phenoxy) is 1. The highest BCUT2D eigenvalue weighted by atomic mass is 16.5. The number of rotatable bonds is 7. The van der Waals surface area contributed by atoms with Gasteiger partial charge in [-0.05, 0) is 24.5 Å². The first-order valence-electron chi connectivity index (χ1n) is 10.00. The summed E-state index contributed by atoms with van der Waals surface area (Å²) in [7, 11) is 1.33. The third-order valence-corrected chi connectivity index (χ3v) is 5.53. The summed E-state index contributed by atoms with van der Waals surface area (Å²) in [6, 6.07) is 7.72. The number of fused-ring (bicyclic) bond motifs is 1. The van der Waals surface area contributed by atoms with E-state index in [0.29, 0.717) is 25.7 Å². The normalized spacial score (nSPS) is 19.8. The van der Waals surface area contributed by atoms with Crippen molar-refractivity contribution in [2.24, 2.45) is 0 Å². The van der Waals surface area contributed by atoms with Crippen molar-refractivity contribution in [3.63, 3.8) is 0 Å². The molecule has 2 fully saturated rings. The van der Waals surface area contributed by atoms with Crippen LogP contribution >= 0.6 is 0 Å². The Morgan fingerprint density at radius 2 is 2.07 bits per heavy atom. The van der Waals surface area contributed by atoms with E-state index in [1.54, 1.807) is 0 Å². The van der Waals surface area contributed by atoms with Crippen LogP contribution in [-0.2, 0) is 32.2 Å². The van der Waals surface area contributed by atoms with Crippen LogP contribution in [0.1, 0.15) is 24.8 Å². The predicted molar refractivity (Wildman–Crippen MR) is 107 cm³/mol. The van der Waals surface area contributed by atoms with Gasteiger partial charge >= 0.3 is 5.97 Å². The molecule has 1 atom stereocenters. The fourth-order valence-corrected chi connectivity index (χ4v) is 3.87. The van der Waals surface area contributed by atoms with Crippen LogP contribution in [0.3, 0.4) is 0 Å². The molecule has 8 nitrogen and oxygen atoms in total. The highest BCUT2D eigenvalue weighted by molar-refractivity contribution is 5.88. The lowest BCUT2D eigenvalue weighted by Gasteiger charge is -2.34. The number of methoxy groups -OCH3 is 1. The third-order valence-electron chi connectivity index (χ3n) is 5.53. The van der Waals surface area contributed by atoms with Crippen molar-refractivity contribution in [2.75, 3.05) is 20.2 Å². The molecule has 0 bridgehead atoms. The summed E-state index contributed by atoms with van der Waals surface area (Å²) in [5, 5.41) is 6.90. The first kappa shape index (κ1) is 19.4. The molecule has 4 rings (SSSR count). The predicted octanol–water partition coefficient (Wildman–Crippen LogP) is 0.783. The molecule has 1 aromatic heterocycles. The lowest BCUT2D eigenvalue weighted by atomic mass is 10.1. The molecule has 154 valence electrons. The topological polar surface area (TPSA) is 92.7 Å². The summed E-state index contributed by atoms with van der Waals surface area (Å²) in [4.78, 5) is 38.4. The molecule has 1 aliphatic heterocycles. The fraction of sp³-hybridized carbons (Fsp3) is 0.476. The van der Waals surface area contributed by atoms with E-state index in [1.807, 2.05) is 39.9 Å². The van der Waals surface area contributed by atoms with Crippen molar-refractivity contribution < 1.29 is 19.1 Å². The van der Waals surface area contributed by atoms with Gasteiger partial charge in [-0.1, -0.05) is 18.2 Å². The largest absolute Gasteiger partial charge is 0.469 e. The van der Waals surface area contributed by atoms with E-state index in [0.717, 1.165) is 29.3 Å². The van der Waals surface area contributed by atoms with Gasteiger partial charge in [-0.15, -0.1) is 0 Å². The number of piperazine rings is 1. The van der Waals surface area contributed by atoms with Crippen LogP contribution in [0.5, 0.6) is 0 Å². The van der Waals surface area contributed by atoms with Crippen LogP contribution in [0.4, 0.5) is 0 Å². The summed E-state index contributed by atoms with van der Waals surface area (Å²) in [5.41, 5.74) is 2.02. The molecule has 2 heterocycles. The number of para-hydroxylation sites is 1. The van der Waals surface area contributed by atoms with Crippen LogP contribution in [0.25, 0.3) is 10.9 Å². The van der Waals surface area contributed by atoms with Crippen molar-refractivity contribution in [3.8, 4) is 0 Å². The minimum Gasteiger partial charge on any atom is -0.469 e. The van der Waals surface area contributed by atoms with E-state index in [4.69, 9.17) is 4.74 Å². The van der Waals surface area contributed by atoms with Gasteiger partial charge < -0.3 is 19.9 Å². The average Bonchev–Trinajstić information content (AvgIpc) is 3.46. The summed E-state index contributed by atoms with van der Waals surface area (Å²) >= 11 is 0. The first-order chi connectivity index (χ1) is 14.0. The second-order valence-electron chi connectivity index (χ2n) is 7.70. The van der Waals surface area contributed by atoms with E-state index in [-0.39, 0.29) is 24.8 Å². The van der Waals surface area contributed by atoms with E-state index < -0.39 is 12.0 Å². The Kier molecular flexibility index (Phi) is 5.53. The van der Waals surface area contributed by atoms with E-state index in [1.165, 1.54) is 7.11 Å². The Labute approximate surface area is 169 Å². The van der Waals surface area contributed by atoms with E-state index >= 15 is 0 Å². The SMILES string of the molecule is COC(=O)C[C@@H]1C(=O)NCCN1Cc1cn(CC(=O)NC2CC2)c2ccccc12. The lowest BCUT2D eigenvalue weighted by Crippen LogP contribution is -2.55. The van der Waals surface area contributed by atoms with Gasteiger partial charge in [0, 0.05) is 42.8 Å². The van der Waals surface area contributed by atoms with Gasteiger partial charge in [0.2, 0.25) is 11.8 Å². The van der Waals surface area contributed by atoms with Crippen LogP contribution in [0, 0.1) is 0 Å². The minimum absolute atomic E-state index is 0.0146. The maximum absolute atomic E-state index is 12.4. The molecule has 0 unspecified atom stereocenters. The van der Waals surface area contributed by atoms with Crippen LogP contribution in [0.15, 0.2) is 30.5 Å². The Morgan fingerprint density at radius 1 is 1.28 bits per heavy atom. The standard InChI is InChI=1S/C21H26N4O4/c1-29-20(27)10-18-21(28)22-8-9-24(18)11-14-12-25(13-19(26)23-15-6-7-15)17-5-3-2-4-16(14)17/h2-5,12,15,18H,6-11,13H2,1H3,(H,22,28)(H,23,26)/t18-/m1/s1. The Bertz CT molecular complexity index is 934. The quantitative estimate of drug-likeness (QED) is 0.673. The number of carbonyl (C=O) groups excluding carboxylic acids is 3. The summed E-state index contributed by atoms with van der Waals surface area (Å²) < 4.78 is 6.72. The Balaban J connectivity index is 1.56. The van der Waals surface area contributed by atoms with Crippen molar-refractivity contribution in [1.82, 2.24) is 20.1 Å². The van der Waals surface area contributed by atoms with E-state index in [9.17, 15) is 14.4 Å². The maximum atomic E-state index is 12.4. The molecule has 1 aliphatic carbocycles. The number of hydrogen-bond acceptors (Lipinski definition) is 5. The van der Waals surface area contributed by atoms with Crippen molar-refractivity contribution in [2.45, 2.75) is 44.4 Å². The Hall–Kier alpha value is -2.87. The smallest absolute Gasteiger partial charge is 0.307 e. The lowest BCUT2D eigenvalue weighted by molar-refractivity contribution is -0.146. The zero-order valence-electron chi connectivity index (χ0n) is 16.5. The van der Waals surface area contributed by atoms with Gasteiger partial charge in [0.1, 0.15) is 12.6 Å². The Morgan fingerprint density at radius 3 is 2.83 bits per heavy atom. The zero-order valence-corrected chi connectivity index (χ0v) is 16.5. The number of benzene rings is 1. The van der Waals surface area contributed by atoms with Gasteiger partial charge in [-0.2, -0.15) is 0 Å². The molecule has 0 radical (unpaired) electrons. The molecule has 0 spiro atoms. The molecule has 2 aromatic rings. The van der Waals surface area contributed by atoms with Crippen LogP contribution in [-0.4, -0.2) is 59.5 Å². The number of amides is 2. The van der Waals surface area contributed by atoms with E-state index in [2.05, 4.69) is 10.6 Å². The fourth-order valence-electron chi connectivity index (χ4n) is 3.87. The van der Waals surface area contributed by atoms with Crippen molar-refractivity contribution in [1.29, 1.82) is 0 Å². The van der Waals surface area contributed by atoms with Gasteiger partial charge in [-0.3, -0.25) is 19.3 Å². The molecular weight excluding hydrogens is 372 g/mol. The van der Waals surface area contributed by atoms with Gasteiger partial charge in [0.25, 0.3) is 0 Å². The van der Waals surface area contributed by atoms with Crippen LogP contribution in [0.2, 0.25) is 0 Å². The number of nitrogens with zero attached hydrogens (tertiary/aromatic N) is 2. The number of hydrogen-bond donors (Lipinski definition) is 2. The van der Waals surface area contributed by atoms with Crippen molar-refractivity contribution >= 4 is 28.7 Å². The highest BCUT2D eigenvalue weighted by Gasteiger charge is 2.32. The number of nitrogens with one attached hydrogen (secondary N) is 2. The average molecular weight is 398 g/mol. The molecule has 1 saturated heterocycles. The molecule has 1 saturated carbocycles. The third kappa shape index (κ3) is 4.42. The van der Waals surface area contributed by atoms with Crippen molar-refractivity contribution in [3.05, 3.63) is 36.0 Å². The number of esters is 1. The minimum atomic E-state index is -0.559. The second kappa shape index (κ2) is 8.24. The molecule has 8 heteroatoms. The maximum Gasteiger partial charge on any atom is 0.307 e. The molecule has 29 heavy (non-hydrogen) atoms. The molecule has 2 N–H and O–H groups in total. The summed E-state index contributed by atoms with van der Waals surface area (Å²) in [6.07, 6.45) is 4.12. The summed E-state index contributed by atoms with van der Waals surface area (Å²) in [6.45, 7) is 1.98. The number of carbonyl (C=O) groups is 3. The van der Waals surface area contributed by atoms with Gasteiger partial charge in [0.05, 0.1) is 13.5 Å². The molecular formula is C21H26N4O4. The summed E-state index contributed by atoms with van der Waals surface area (Å²) in [5.74, 6) is -0.550. The van der Waals surface area contributed by atoms with Gasteiger partial charge in [0.15, 0.2) is 0 Å². The second-order valence-corrected chi connectivity index (χ2v) is 7.70. The van der Waals surface area contributed by atoms with Gasteiger partial charge in [-0.25, -0.2) is 0 Å². The number of aromatic nitrogens is 1. The zero-order chi connectivity index (χ0) is 20.4. The monoisotopic (exact) mass is 398 g/mol. The van der Waals surface area contributed by atoms with Crippen LogP contribution < -0.4 is 10.6 Å². The molecule has 1 aromatic carbocycles. The molecule has 2 aliphatic rings. The highest BCUT2D eigenvalue weighted by Crippen LogP contribution is 2.25. The molecule has 2 amide bonds.